The van der Waals surface area contributed by atoms with E-state index in [1.54, 1.807) is 0 Å². The van der Waals surface area contributed by atoms with Gasteiger partial charge in [0.1, 0.15) is 0 Å². The van der Waals surface area contributed by atoms with Crippen LogP contribution in [0.5, 0.6) is 0 Å². The molecule has 3 nitrogen and oxygen atoms in total. The third-order valence-corrected chi connectivity index (χ3v) is 6.15. The Bertz CT molecular complexity index is 359. The number of nitrogens with one attached hydrogen (secondary N) is 2. The van der Waals surface area contributed by atoms with Crippen molar-refractivity contribution in [1.29, 1.82) is 0 Å². The molecule has 1 aliphatic heterocycles. The summed E-state index contributed by atoms with van der Waals surface area (Å²) >= 11 is 0. The Kier molecular flexibility index (Phi) is 3.55. The molecule has 108 valence electrons. The van der Waals surface area contributed by atoms with Gasteiger partial charge in [-0.05, 0) is 68.4 Å². The summed E-state index contributed by atoms with van der Waals surface area (Å²) < 4.78 is 0. The topological polar surface area (TPSA) is 41.1 Å². The van der Waals surface area contributed by atoms with Crippen LogP contribution in [0.1, 0.15) is 32.6 Å². The van der Waals surface area contributed by atoms with Crippen molar-refractivity contribution < 1.29 is 4.79 Å². The van der Waals surface area contributed by atoms with Crippen LogP contribution < -0.4 is 10.6 Å². The van der Waals surface area contributed by atoms with E-state index in [1.165, 1.54) is 19.3 Å². The predicted octanol–water partition coefficient (Wildman–Crippen LogP) is 1.81. The van der Waals surface area contributed by atoms with Crippen molar-refractivity contribution in [3.05, 3.63) is 0 Å². The fourth-order valence-corrected chi connectivity index (χ4v) is 5.18. The van der Waals surface area contributed by atoms with Crippen LogP contribution in [-0.4, -0.2) is 25.0 Å². The second-order valence-corrected chi connectivity index (χ2v) is 7.10. The standard InChI is InChI=1S/C15H24N2O.ClH/c1-8-7-16-5-4-11(8)17-15(18)14-12-9-2-3-10(6-9)13(12)14;/h8-14,16H,2-7H2,1H3,(H,17,18);1H. The van der Waals surface area contributed by atoms with Gasteiger partial charge in [-0.1, -0.05) is 6.92 Å². The van der Waals surface area contributed by atoms with Gasteiger partial charge in [0.15, 0.2) is 0 Å². The summed E-state index contributed by atoms with van der Waals surface area (Å²) in [4.78, 5) is 12.4. The second-order valence-electron chi connectivity index (χ2n) is 7.10. The van der Waals surface area contributed by atoms with Crippen LogP contribution in [0.4, 0.5) is 0 Å². The lowest BCUT2D eigenvalue weighted by Crippen LogP contribution is -2.49. The largest absolute Gasteiger partial charge is 0.353 e. The Morgan fingerprint density at radius 1 is 1.16 bits per heavy atom. The lowest BCUT2D eigenvalue weighted by atomic mass is 9.94. The Labute approximate surface area is 121 Å². The highest BCUT2D eigenvalue weighted by Crippen LogP contribution is 2.69. The molecule has 6 unspecified atom stereocenters. The predicted molar refractivity (Wildman–Crippen MR) is 77.1 cm³/mol. The monoisotopic (exact) mass is 284 g/mol. The Morgan fingerprint density at radius 3 is 2.47 bits per heavy atom. The molecule has 4 rings (SSSR count). The number of rotatable bonds is 2. The molecule has 3 aliphatic carbocycles. The summed E-state index contributed by atoms with van der Waals surface area (Å²) in [7, 11) is 0. The molecule has 1 saturated heterocycles. The van der Waals surface area contributed by atoms with E-state index in [-0.39, 0.29) is 12.4 Å². The zero-order chi connectivity index (χ0) is 12.3. The molecular weight excluding hydrogens is 260 g/mol. The summed E-state index contributed by atoms with van der Waals surface area (Å²) in [6.45, 7) is 4.35. The van der Waals surface area contributed by atoms with E-state index >= 15 is 0 Å². The average molecular weight is 285 g/mol. The molecule has 0 radical (unpaired) electrons. The number of halogens is 1. The summed E-state index contributed by atoms with van der Waals surface area (Å²) in [6.07, 6.45) is 5.34. The Balaban J connectivity index is 0.00000110. The van der Waals surface area contributed by atoms with Crippen molar-refractivity contribution in [3.8, 4) is 0 Å². The highest BCUT2D eigenvalue weighted by molar-refractivity contribution is 5.85. The van der Waals surface area contributed by atoms with Crippen molar-refractivity contribution >= 4 is 18.3 Å². The van der Waals surface area contributed by atoms with Gasteiger partial charge in [0.25, 0.3) is 0 Å². The molecule has 3 saturated carbocycles. The lowest BCUT2D eigenvalue weighted by Gasteiger charge is -2.30. The average Bonchev–Trinajstić information content (AvgIpc) is 2.82. The van der Waals surface area contributed by atoms with E-state index in [4.69, 9.17) is 0 Å². The minimum atomic E-state index is 0. The third-order valence-electron chi connectivity index (χ3n) is 6.15. The number of carbonyl (C=O) groups is 1. The maximum atomic E-state index is 12.4. The zero-order valence-corrected chi connectivity index (χ0v) is 12.4. The number of amides is 1. The number of carbonyl (C=O) groups excluding carboxylic acids is 1. The van der Waals surface area contributed by atoms with E-state index < -0.39 is 0 Å². The normalized spacial score (nSPS) is 50.3. The van der Waals surface area contributed by atoms with Crippen molar-refractivity contribution in [3.63, 3.8) is 0 Å². The summed E-state index contributed by atoms with van der Waals surface area (Å²) in [5, 5.41) is 6.74. The number of hydrogen-bond acceptors (Lipinski definition) is 2. The highest BCUT2D eigenvalue weighted by Gasteiger charge is 2.67. The van der Waals surface area contributed by atoms with Crippen LogP contribution in [0.15, 0.2) is 0 Å². The van der Waals surface area contributed by atoms with Crippen molar-refractivity contribution in [2.24, 2.45) is 35.5 Å². The van der Waals surface area contributed by atoms with Gasteiger partial charge < -0.3 is 10.6 Å². The molecule has 0 aromatic rings. The Morgan fingerprint density at radius 2 is 1.84 bits per heavy atom. The maximum Gasteiger partial charge on any atom is 0.223 e. The van der Waals surface area contributed by atoms with Crippen molar-refractivity contribution in [2.45, 2.75) is 38.6 Å². The van der Waals surface area contributed by atoms with E-state index in [0.29, 0.717) is 23.8 Å². The van der Waals surface area contributed by atoms with Crippen LogP contribution in [0.25, 0.3) is 0 Å². The molecule has 4 fully saturated rings. The molecule has 1 amide bonds. The van der Waals surface area contributed by atoms with Crippen molar-refractivity contribution in [2.75, 3.05) is 13.1 Å². The van der Waals surface area contributed by atoms with E-state index in [1.807, 2.05) is 0 Å². The van der Waals surface area contributed by atoms with Gasteiger partial charge in [-0.25, -0.2) is 0 Å². The smallest absolute Gasteiger partial charge is 0.223 e. The van der Waals surface area contributed by atoms with Crippen LogP contribution in [0.3, 0.4) is 0 Å². The molecule has 2 N–H and O–H groups in total. The molecule has 4 heteroatoms. The van der Waals surface area contributed by atoms with E-state index in [2.05, 4.69) is 17.6 Å². The summed E-state index contributed by atoms with van der Waals surface area (Å²) in [5.74, 6) is 4.74. The number of fused-ring (bicyclic) bond motifs is 5. The van der Waals surface area contributed by atoms with E-state index in [0.717, 1.165) is 43.2 Å². The molecule has 6 atom stereocenters. The van der Waals surface area contributed by atoms with Gasteiger partial charge in [-0.15, -0.1) is 12.4 Å². The molecular formula is C15H25ClN2O. The van der Waals surface area contributed by atoms with Crippen molar-refractivity contribution in [1.82, 2.24) is 10.6 Å². The quantitative estimate of drug-likeness (QED) is 0.812. The minimum absolute atomic E-state index is 0. The zero-order valence-electron chi connectivity index (χ0n) is 11.6. The first kappa shape index (κ1) is 13.7. The molecule has 4 aliphatic rings. The summed E-state index contributed by atoms with van der Waals surface area (Å²) in [6, 6.07) is 0.415. The lowest BCUT2D eigenvalue weighted by molar-refractivity contribution is -0.124. The third kappa shape index (κ3) is 2.09. The first-order chi connectivity index (χ1) is 8.75. The van der Waals surface area contributed by atoms with Gasteiger partial charge >= 0.3 is 0 Å². The molecule has 0 aromatic carbocycles. The fourth-order valence-electron chi connectivity index (χ4n) is 5.18. The first-order valence-corrected chi connectivity index (χ1v) is 7.77. The number of piperidine rings is 1. The highest BCUT2D eigenvalue weighted by atomic mass is 35.5. The van der Waals surface area contributed by atoms with E-state index in [9.17, 15) is 4.79 Å². The van der Waals surface area contributed by atoms with Gasteiger partial charge in [0, 0.05) is 12.0 Å². The molecule has 2 bridgehead atoms. The Hall–Kier alpha value is -0.280. The molecule has 1 heterocycles. The van der Waals surface area contributed by atoms with Gasteiger partial charge in [0.05, 0.1) is 0 Å². The van der Waals surface area contributed by atoms with Crippen LogP contribution >= 0.6 is 12.4 Å². The van der Waals surface area contributed by atoms with Crippen LogP contribution in [0, 0.1) is 35.5 Å². The first-order valence-electron chi connectivity index (χ1n) is 7.77. The number of hydrogen-bond donors (Lipinski definition) is 2. The maximum absolute atomic E-state index is 12.4. The van der Waals surface area contributed by atoms with Crippen LogP contribution in [0.2, 0.25) is 0 Å². The molecule has 0 aromatic heterocycles. The molecule has 19 heavy (non-hydrogen) atoms. The minimum Gasteiger partial charge on any atom is -0.353 e. The second kappa shape index (κ2) is 4.92. The van der Waals surface area contributed by atoms with Gasteiger partial charge in [-0.3, -0.25) is 4.79 Å². The SMILES string of the molecule is CC1CNCCC1NC(=O)C1C2C3CCC(C3)C12.Cl. The summed E-state index contributed by atoms with van der Waals surface area (Å²) in [5.41, 5.74) is 0. The molecule has 0 spiro atoms. The van der Waals surface area contributed by atoms with Gasteiger partial charge in [-0.2, -0.15) is 0 Å². The van der Waals surface area contributed by atoms with Crippen LogP contribution in [-0.2, 0) is 4.79 Å². The van der Waals surface area contributed by atoms with Gasteiger partial charge in [0.2, 0.25) is 5.91 Å². The fraction of sp³-hybridized carbons (Fsp3) is 0.933.